The average Bonchev–Trinajstić information content (AvgIpc) is 2.77. The number of carbonyl (C=O) groups is 2. The van der Waals surface area contributed by atoms with Gasteiger partial charge in [-0.25, -0.2) is 0 Å². The number of Topliss-reactive ketones (excluding diaryl/α,β-unsaturated/α-hetero) is 2. The molecule has 0 amide bonds. The van der Waals surface area contributed by atoms with Crippen molar-refractivity contribution in [1.29, 1.82) is 0 Å². The molecule has 122 valence electrons. The second-order valence-corrected chi connectivity index (χ2v) is 8.95. The highest BCUT2D eigenvalue weighted by molar-refractivity contribution is 5.88. The second kappa shape index (κ2) is 4.66. The van der Waals surface area contributed by atoms with E-state index in [0.29, 0.717) is 42.2 Å². The number of hydrogen-bond acceptors (Lipinski definition) is 3. The number of aliphatic hydroxyl groups excluding tert-OH is 1. The summed E-state index contributed by atoms with van der Waals surface area (Å²) in [5, 5.41) is 10.0. The highest BCUT2D eigenvalue weighted by Gasteiger charge is 2.62. The summed E-state index contributed by atoms with van der Waals surface area (Å²) in [5.41, 5.74) is -0.0922. The van der Waals surface area contributed by atoms with E-state index in [1.807, 2.05) is 0 Å². The largest absolute Gasteiger partial charge is 0.393 e. The Hall–Kier alpha value is -0.700. The Kier molecular flexibility index (Phi) is 3.15. The van der Waals surface area contributed by atoms with Gasteiger partial charge >= 0.3 is 0 Å². The first-order chi connectivity index (χ1) is 10.4. The molecule has 4 fully saturated rings. The van der Waals surface area contributed by atoms with Gasteiger partial charge in [0.1, 0.15) is 11.6 Å². The molecule has 0 aromatic rings. The van der Waals surface area contributed by atoms with Crippen LogP contribution in [0.5, 0.6) is 0 Å². The van der Waals surface area contributed by atoms with Crippen molar-refractivity contribution in [2.45, 2.75) is 71.3 Å². The molecule has 3 heteroatoms. The number of hydrogen-bond donors (Lipinski definition) is 1. The molecule has 0 heterocycles. The molecule has 7 atom stereocenters. The van der Waals surface area contributed by atoms with E-state index in [0.717, 1.165) is 38.5 Å². The Morgan fingerprint density at radius 2 is 1.82 bits per heavy atom. The van der Waals surface area contributed by atoms with Gasteiger partial charge in [-0.05, 0) is 61.7 Å². The Labute approximate surface area is 132 Å². The van der Waals surface area contributed by atoms with E-state index >= 15 is 0 Å². The molecule has 4 aliphatic rings. The maximum atomic E-state index is 12.8. The fourth-order valence-electron chi connectivity index (χ4n) is 6.79. The van der Waals surface area contributed by atoms with Crippen molar-refractivity contribution in [3.05, 3.63) is 0 Å². The zero-order valence-electron chi connectivity index (χ0n) is 13.8. The molecule has 0 aliphatic heterocycles. The van der Waals surface area contributed by atoms with Gasteiger partial charge in [0.2, 0.25) is 0 Å². The van der Waals surface area contributed by atoms with E-state index in [4.69, 9.17) is 0 Å². The van der Waals surface area contributed by atoms with E-state index < -0.39 is 0 Å². The minimum atomic E-state index is -0.291. The summed E-state index contributed by atoms with van der Waals surface area (Å²) in [6, 6.07) is 0. The number of ketones is 2. The lowest BCUT2D eigenvalue weighted by atomic mass is 9.45. The minimum Gasteiger partial charge on any atom is -0.393 e. The number of fused-ring (bicyclic) bond motifs is 5. The van der Waals surface area contributed by atoms with Crippen molar-refractivity contribution in [1.82, 2.24) is 0 Å². The third-order valence-electron chi connectivity index (χ3n) is 8.14. The molecule has 3 nitrogen and oxygen atoms in total. The monoisotopic (exact) mass is 304 g/mol. The molecule has 4 saturated carbocycles. The van der Waals surface area contributed by atoms with Gasteiger partial charge < -0.3 is 5.11 Å². The van der Waals surface area contributed by atoms with E-state index in [1.54, 1.807) is 0 Å². The van der Waals surface area contributed by atoms with Gasteiger partial charge in [0.25, 0.3) is 0 Å². The van der Waals surface area contributed by atoms with Crippen LogP contribution in [0, 0.1) is 34.5 Å². The molecule has 1 N–H and O–H groups in total. The molecule has 0 radical (unpaired) electrons. The Morgan fingerprint density at radius 3 is 2.59 bits per heavy atom. The SMILES string of the molecule is C[C@]12CC[C@H](O)C[C@H]1C(=O)C[C@H]1[C@H]2CC[C@]2(C)C(=O)CC[C@H]12. The van der Waals surface area contributed by atoms with Gasteiger partial charge in [-0.3, -0.25) is 9.59 Å². The van der Waals surface area contributed by atoms with Gasteiger partial charge in [0.05, 0.1) is 6.10 Å². The minimum absolute atomic E-state index is 0.0546. The highest BCUT2D eigenvalue weighted by Crippen LogP contribution is 2.64. The fourth-order valence-corrected chi connectivity index (χ4v) is 6.79. The molecule has 0 aromatic carbocycles. The van der Waals surface area contributed by atoms with Crippen LogP contribution >= 0.6 is 0 Å². The van der Waals surface area contributed by atoms with Crippen molar-refractivity contribution in [3.8, 4) is 0 Å². The van der Waals surface area contributed by atoms with Crippen molar-refractivity contribution < 1.29 is 14.7 Å². The Morgan fingerprint density at radius 1 is 1.05 bits per heavy atom. The molecule has 0 bridgehead atoms. The molecular weight excluding hydrogens is 276 g/mol. The molecule has 0 unspecified atom stereocenters. The first kappa shape index (κ1) is 14.9. The molecule has 0 saturated heterocycles. The van der Waals surface area contributed by atoms with Crippen LogP contribution in [0.2, 0.25) is 0 Å². The summed E-state index contributed by atoms with van der Waals surface area (Å²) in [7, 11) is 0. The van der Waals surface area contributed by atoms with Gasteiger partial charge in [0.15, 0.2) is 0 Å². The second-order valence-electron chi connectivity index (χ2n) is 8.95. The summed E-state index contributed by atoms with van der Waals surface area (Å²) >= 11 is 0. The highest BCUT2D eigenvalue weighted by atomic mass is 16.3. The van der Waals surface area contributed by atoms with Crippen LogP contribution in [0.25, 0.3) is 0 Å². The maximum Gasteiger partial charge on any atom is 0.139 e. The van der Waals surface area contributed by atoms with Crippen LogP contribution in [0.1, 0.15) is 65.2 Å². The summed E-state index contributed by atoms with van der Waals surface area (Å²) in [6.07, 6.45) is 6.67. The lowest BCUT2D eigenvalue weighted by molar-refractivity contribution is -0.160. The molecule has 0 spiro atoms. The lowest BCUT2D eigenvalue weighted by Gasteiger charge is -2.59. The first-order valence-corrected chi connectivity index (χ1v) is 9.10. The fraction of sp³-hybridized carbons (Fsp3) is 0.895. The third-order valence-corrected chi connectivity index (χ3v) is 8.14. The predicted molar refractivity (Wildman–Crippen MR) is 83.1 cm³/mol. The molecule has 22 heavy (non-hydrogen) atoms. The van der Waals surface area contributed by atoms with Crippen molar-refractivity contribution >= 4 is 11.6 Å². The summed E-state index contributed by atoms with van der Waals surface area (Å²) in [6.45, 7) is 4.46. The van der Waals surface area contributed by atoms with Crippen LogP contribution in [0.3, 0.4) is 0 Å². The van der Waals surface area contributed by atoms with Crippen LogP contribution in [0.4, 0.5) is 0 Å². The van der Waals surface area contributed by atoms with Gasteiger partial charge in [-0.1, -0.05) is 13.8 Å². The van der Waals surface area contributed by atoms with E-state index in [2.05, 4.69) is 13.8 Å². The molecular formula is C19H28O3. The van der Waals surface area contributed by atoms with E-state index in [1.165, 1.54) is 0 Å². The van der Waals surface area contributed by atoms with Crippen molar-refractivity contribution in [3.63, 3.8) is 0 Å². The topological polar surface area (TPSA) is 54.4 Å². The number of carbonyl (C=O) groups excluding carboxylic acids is 2. The van der Waals surface area contributed by atoms with Gasteiger partial charge in [0, 0.05) is 24.2 Å². The van der Waals surface area contributed by atoms with Crippen molar-refractivity contribution in [2.24, 2.45) is 34.5 Å². The predicted octanol–water partition coefficient (Wildman–Crippen LogP) is 3.14. The zero-order chi connectivity index (χ0) is 15.7. The summed E-state index contributed by atoms with van der Waals surface area (Å²) in [4.78, 5) is 25.2. The number of aliphatic hydroxyl groups is 1. The Balaban J connectivity index is 1.69. The molecule has 4 rings (SSSR count). The Bertz CT molecular complexity index is 527. The molecule has 0 aromatic heterocycles. The molecule has 4 aliphatic carbocycles. The zero-order valence-corrected chi connectivity index (χ0v) is 13.8. The smallest absolute Gasteiger partial charge is 0.139 e. The first-order valence-electron chi connectivity index (χ1n) is 9.10. The van der Waals surface area contributed by atoms with Crippen molar-refractivity contribution in [2.75, 3.05) is 0 Å². The van der Waals surface area contributed by atoms with Gasteiger partial charge in [-0.2, -0.15) is 0 Å². The van der Waals surface area contributed by atoms with Crippen LogP contribution < -0.4 is 0 Å². The average molecular weight is 304 g/mol. The third kappa shape index (κ3) is 1.78. The van der Waals surface area contributed by atoms with Crippen LogP contribution in [0.15, 0.2) is 0 Å². The van der Waals surface area contributed by atoms with E-state index in [-0.39, 0.29) is 22.9 Å². The summed E-state index contributed by atoms with van der Waals surface area (Å²) in [5.74, 6) is 2.27. The maximum absolute atomic E-state index is 12.8. The van der Waals surface area contributed by atoms with Gasteiger partial charge in [-0.15, -0.1) is 0 Å². The van der Waals surface area contributed by atoms with E-state index in [9.17, 15) is 14.7 Å². The van der Waals surface area contributed by atoms with Crippen LogP contribution in [-0.2, 0) is 9.59 Å². The lowest BCUT2D eigenvalue weighted by Crippen LogP contribution is -2.57. The summed E-state index contributed by atoms with van der Waals surface area (Å²) < 4.78 is 0. The normalized spacial score (nSPS) is 54.6. The van der Waals surface area contributed by atoms with Crippen LogP contribution in [-0.4, -0.2) is 22.8 Å². The quantitative estimate of drug-likeness (QED) is 0.748. The number of rotatable bonds is 0. The standard InChI is InChI=1S/C19H28O3/c1-18-7-5-11(20)9-15(18)16(21)10-12-13-3-4-17(22)19(13,2)8-6-14(12)18/h11-15,20H,3-10H2,1-2H3/t11-,12+,13+,14+,15-,18+,19-/m0/s1.